The maximum atomic E-state index is 13.4. The normalized spacial score (nSPS) is 18.3. The van der Waals surface area contributed by atoms with Crippen molar-refractivity contribution in [2.75, 3.05) is 0 Å². The Morgan fingerprint density at radius 2 is 1.85 bits per heavy atom. The highest BCUT2D eigenvalue weighted by atomic mass is 19.1. The van der Waals surface area contributed by atoms with Gasteiger partial charge >= 0.3 is 0 Å². The van der Waals surface area contributed by atoms with Crippen LogP contribution < -0.4 is 5.32 Å². The minimum absolute atomic E-state index is 0.0523. The third kappa shape index (κ3) is 3.65. The maximum Gasteiger partial charge on any atom is 0.230 e. The predicted molar refractivity (Wildman–Crippen MR) is 100 cm³/mol. The average Bonchev–Trinajstić information content (AvgIpc) is 3.12. The van der Waals surface area contributed by atoms with E-state index in [4.69, 9.17) is 0 Å². The van der Waals surface area contributed by atoms with E-state index in [1.165, 1.54) is 12.1 Å². The average molecular weight is 355 g/mol. The van der Waals surface area contributed by atoms with Gasteiger partial charge in [0.1, 0.15) is 5.82 Å². The lowest BCUT2D eigenvalue weighted by Gasteiger charge is -2.31. The highest BCUT2D eigenvalue weighted by Crippen LogP contribution is 2.42. The largest absolute Gasteiger partial charge is 0.386 e. The molecule has 1 aliphatic carbocycles. The van der Waals surface area contributed by atoms with Crippen LogP contribution in [-0.4, -0.2) is 17.1 Å². The lowest BCUT2D eigenvalue weighted by molar-refractivity contribution is -0.128. The molecule has 0 spiro atoms. The zero-order valence-corrected chi connectivity index (χ0v) is 15.3. The molecule has 138 valence electrons. The molecule has 2 N–H and O–H groups in total. The van der Waals surface area contributed by atoms with E-state index in [0.29, 0.717) is 5.56 Å². The number of amides is 1. The molecule has 0 aliphatic heterocycles. The molecule has 1 aliphatic rings. The number of aliphatic hydroxyl groups excluding tert-OH is 1. The van der Waals surface area contributed by atoms with E-state index in [9.17, 15) is 14.3 Å². The van der Waals surface area contributed by atoms with E-state index in [1.807, 2.05) is 25.1 Å². The number of rotatable bonds is 5. The Bertz CT molecular complexity index is 783. The number of halogens is 1. The van der Waals surface area contributed by atoms with Crippen LogP contribution in [-0.2, 0) is 10.2 Å². The van der Waals surface area contributed by atoms with E-state index in [2.05, 4.69) is 11.4 Å². The van der Waals surface area contributed by atoms with Crippen LogP contribution in [0.4, 0.5) is 4.39 Å². The molecule has 3 nitrogen and oxygen atoms in total. The fraction of sp³-hybridized carbons (Fsp3) is 0.409. The molecule has 1 amide bonds. The summed E-state index contributed by atoms with van der Waals surface area (Å²) in [5.41, 5.74) is 2.10. The fourth-order valence-electron chi connectivity index (χ4n) is 3.97. The summed E-state index contributed by atoms with van der Waals surface area (Å²) in [7, 11) is 0. The Labute approximate surface area is 154 Å². The molecule has 2 atom stereocenters. The molecule has 0 radical (unpaired) electrons. The van der Waals surface area contributed by atoms with Crippen molar-refractivity contribution in [1.82, 2.24) is 5.32 Å². The number of benzene rings is 2. The molecule has 0 unspecified atom stereocenters. The lowest BCUT2D eigenvalue weighted by Crippen LogP contribution is -2.47. The van der Waals surface area contributed by atoms with Crippen LogP contribution in [0.1, 0.15) is 55.4 Å². The SMILES string of the molecule is Cc1cccc(C2(C(=O)N[C@@H](C)[C@H](O)c3cccc(F)c3)CCCC2)c1. The topological polar surface area (TPSA) is 49.3 Å². The van der Waals surface area contributed by atoms with Gasteiger partial charge in [-0.2, -0.15) is 0 Å². The van der Waals surface area contributed by atoms with Crippen LogP contribution >= 0.6 is 0 Å². The number of aliphatic hydroxyl groups is 1. The van der Waals surface area contributed by atoms with Crippen molar-refractivity contribution in [3.8, 4) is 0 Å². The zero-order chi connectivity index (χ0) is 18.7. The number of hydrogen-bond donors (Lipinski definition) is 2. The molecule has 3 rings (SSSR count). The van der Waals surface area contributed by atoms with Crippen molar-refractivity contribution >= 4 is 5.91 Å². The van der Waals surface area contributed by atoms with E-state index in [1.54, 1.807) is 19.1 Å². The van der Waals surface area contributed by atoms with Crippen LogP contribution in [0.2, 0.25) is 0 Å². The first-order chi connectivity index (χ1) is 12.4. The highest BCUT2D eigenvalue weighted by molar-refractivity contribution is 5.89. The Kier molecular flexibility index (Phi) is 5.42. The van der Waals surface area contributed by atoms with Crippen molar-refractivity contribution in [2.24, 2.45) is 0 Å². The van der Waals surface area contributed by atoms with E-state index < -0.39 is 23.4 Å². The van der Waals surface area contributed by atoms with Gasteiger partial charge in [0.2, 0.25) is 5.91 Å². The van der Waals surface area contributed by atoms with E-state index >= 15 is 0 Å². The van der Waals surface area contributed by atoms with Crippen LogP contribution in [0, 0.1) is 12.7 Å². The summed E-state index contributed by atoms with van der Waals surface area (Å²) >= 11 is 0. The third-order valence-electron chi connectivity index (χ3n) is 5.48. The van der Waals surface area contributed by atoms with Gasteiger partial charge in [0.25, 0.3) is 0 Å². The quantitative estimate of drug-likeness (QED) is 0.845. The van der Waals surface area contributed by atoms with Crippen molar-refractivity contribution in [1.29, 1.82) is 0 Å². The van der Waals surface area contributed by atoms with Crippen molar-refractivity contribution in [3.63, 3.8) is 0 Å². The molecule has 2 aromatic rings. The number of hydrogen-bond acceptors (Lipinski definition) is 2. The molecule has 2 aromatic carbocycles. The Morgan fingerprint density at radius 3 is 2.50 bits per heavy atom. The first-order valence-electron chi connectivity index (χ1n) is 9.24. The summed E-state index contributed by atoms with van der Waals surface area (Å²) < 4.78 is 13.4. The van der Waals surface area contributed by atoms with Gasteiger partial charge < -0.3 is 10.4 Å². The summed E-state index contributed by atoms with van der Waals surface area (Å²) in [5.74, 6) is -0.448. The van der Waals surface area contributed by atoms with E-state index in [-0.39, 0.29) is 5.91 Å². The first kappa shape index (κ1) is 18.6. The summed E-state index contributed by atoms with van der Waals surface area (Å²) in [6.45, 7) is 3.78. The highest BCUT2D eigenvalue weighted by Gasteiger charge is 2.43. The monoisotopic (exact) mass is 355 g/mol. The number of carbonyl (C=O) groups excluding carboxylic acids is 1. The van der Waals surface area contributed by atoms with Gasteiger partial charge in [-0.15, -0.1) is 0 Å². The molecule has 1 fully saturated rings. The zero-order valence-electron chi connectivity index (χ0n) is 15.3. The second kappa shape index (κ2) is 7.58. The van der Waals surface area contributed by atoms with Gasteiger partial charge in [-0.3, -0.25) is 4.79 Å². The molecule has 1 saturated carbocycles. The van der Waals surface area contributed by atoms with Crippen molar-refractivity contribution < 1.29 is 14.3 Å². The van der Waals surface area contributed by atoms with Gasteiger partial charge in [-0.05, 0) is 49.9 Å². The number of aryl methyl sites for hydroxylation is 1. The summed E-state index contributed by atoms with van der Waals surface area (Å²) in [6, 6.07) is 13.5. The Morgan fingerprint density at radius 1 is 1.15 bits per heavy atom. The molecular formula is C22H26FNO2. The molecule has 0 bridgehead atoms. The Hall–Kier alpha value is -2.20. The van der Waals surface area contributed by atoms with Crippen molar-refractivity contribution in [2.45, 2.75) is 57.1 Å². The van der Waals surface area contributed by atoms with E-state index in [0.717, 1.165) is 36.8 Å². The van der Waals surface area contributed by atoms with Gasteiger partial charge in [-0.25, -0.2) is 4.39 Å². The van der Waals surface area contributed by atoms with Gasteiger partial charge in [-0.1, -0.05) is 54.8 Å². The van der Waals surface area contributed by atoms with Crippen LogP contribution in [0.25, 0.3) is 0 Å². The second-order valence-electron chi connectivity index (χ2n) is 7.42. The second-order valence-corrected chi connectivity index (χ2v) is 7.42. The summed E-state index contributed by atoms with van der Waals surface area (Å²) in [5, 5.41) is 13.5. The predicted octanol–water partition coefficient (Wildman–Crippen LogP) is 4.18. The van der Waals surface area contributed by atoms with Crippen LogP contribution in [0.3, 0.4) is 0 Å². The number of carbonyl (C=O) groups is 1. The molecule has 26 heavy (non-hydrogen) atoms. The molecule has 0 heterocycles. The lowest BCUT2D eigenvalue weighted by atomic mass is 9.77. The number of nitrogens with one attached hydrogen (secondary N) is 1. The van der Waals surface area contributed by atoms with Crippen LogP contribution in [0.15, 0.2) is 48.5 Å². The fourth-order valence-corrected chi connectivity index (χ4v) is 3.97. The molecular weight excluding hydrogens is 329 g/mol. The van der Waals surface area contributed by atoms with Gasteiger partial charge in [0, 0.05) is 0 Å². The smallest absolute Gasteiger partial charge is 0.230 e. The molecule has 0 saturated heterocycles. The first-order valence-corrected chi connectivity index (χ1v) is 9.24. The van der Waals surface area contributed by atoms with Gasteiger partial charge in [0.05, 0.1) is 17.6 Å². The molecule has 0 aromatic heterocycles. The summed E-state index contributed by atoms with van der Waals surface area (Å²) in [4.78, 5) is 13.2. The third-order valence-corrected chi connectivity index (χ3v) is 5.48. The minimum atomic E-state index is -0.953. The molecule has 4 heteroatoms. The van der Waals surface area contributed by atoms with Crippen molar-refractivity contribution in [3.05, 3.63) is 71.0 Å². The minimum Gasteiger partial charge on any atom is -0.386 e. The summed E-state index contributed by atoms with van der Waals surface area (Å²) in [6.07, 6.45) is 2.70. The van der Waals surface area contributed by atoms with Crippen LogP contribution in [0.5, 0.6) is 0 Å². The Balaban J connectivity index is 1.80. The maximum absolute atomic E-state index is 13.4. The van der Waals surface area contributed by atoms with Gasteiger partial charge in [0.15, 0.2) is 0 Å². The standard InChI is InChI=1S/C22H26FNO2/c1-15-7-5-9-18(13-15)22(11-3-4-12-22)21(26)24-16(2)20(25)17-8-6-10-19(23)14-17/h5-10,13-14,16,20,25H,3-4,11-12H2,1-2H3,(H,24,26)/t16-,20-/m0/s1.